The summed E-state index contributed by atoms with van der Waals surface area (Å²) >= 11 is 0. The summed E-state index contributed by atoms with van der Waals surface area (Å²) in [4.78, 5) is 27.3. The van der Waals surface area contributed by atoms with E-state index in [4.69, 9.17) is 0 Å². The monoisotopic (exact) mass is 411 g/mol. The zero-order chi connectivity index (χ0) is 21.9. The Bertz CT molecular complexity index is 777. The van der Waals surface area contributed by atoms with Crippen LogP contribution in [0.15, 0.2) is 42.6 Å². The zero-order valence-electron chi connectivity index (χ0n) is 19.0. The van der Waals surface area contributed by atoms with Gasteiger partial charge >= 0.3 is 6.03 Å². The van der Waals surface area contributed by atoms with Crippen LogP contribution < -0.4 is 10.6 Å². The van der Waals surface area contributed by atoms with Gasteiger partial charge in [-0.1, -0.05) is 57.7 Å². The number of benzene rings is 1. The van der Waals surface area contributed by atoms with E-state index in [1.54, 1.807) is 6.92 Å². The second kappa shape index (κ2) is 8.83. The van der Waals surface area contributed by atoms with Gasteiger partial charge in [-0.15, -0.1) is 0 Å². The van der Waals surface area contributed by atoms with Crippen LogP contribution in [0.5, 0.6) is 0 Å². The van der Waals surface area contributed by atoms with Crippen LogP contribution in [0.1, 0.15) is 65.4 Å². The second-order valence-corrected chi connectivity index (χ2v) is 10.1. The summed E-state index contributed by atoms with van der Waals surface area (Å²) in [5.74, 6) is 0.169. The van der Waals surface area contributed by atoms with E-state index in [0.29, 0.717) is 0 Å². The van der Waals surface area contributed by atoms with Crippen molar-refractivity contribution in [3.63, 3.8) is 0 Å². The first-order valence-electron chi connectivity index (χ1n) is 11.2. The lowest BCUT2D eigenvalue weighted by Crippen LogP contribution is -2.61. The number of amides is 2. The van der Waals surface area contributed by atoms with Crippen molar-refractivity contribution in [1.82, 2.24) is 15.5 Å². The molecule has 1 saturated heterocycles. The Hall–Kier alpha value is -2.30. The first-order valence-corrected chi connectivity index (χ1v) is 11.2. The molecule has 1 aromatic carbocycles. The van der Waals surface area contributed by atoms with E-state index in [0.717, 1.165) is 50.8 Å². The summed E-state index contributed by atoms with van der Waals surface area (Å²) in [5.41, 5.74) is 1.69. The van der Waals surface area contributed by atoms with Gasteiger partial charge in [-0.3, -0.25) is 4.79 Å². The van der Waals surface area contributed by atoms with Crippen molar-refractivity contribution in [3.8, 4) is 0 Å². The maximum Gasteiger partial charge on any atom is 0.315 e. The number of hydrogen-bond donors (Lipinski definition) is 2. The van der Waals surface area contributed by atoms with Crippen molar-refractivity contribution in [1.29, 1.82) is 0 Å². The van der Waals surface area contributed by atoms with E-state index in [1.807, 2.05) is 18.2 Å². The van der Waals surface area contributed by atoms with Gasteiger partial charge in [0.2, 0.25) is 0 Å². The Labute approximate surface area is 181 Å². The van der Waals surface area contributed by atoms with Crippen molar-refractivity contribution in [3.05, 3.63) is 48.2 Å². The average Bonchev–Trinajstić information content (AvgIpc) is 3.14. The highest BCUT2D eigenvalue weighted by molar-refractivity contribution is 5.82. The molecule has 164 valence electrons. The first kappa shape index (κ1) is 22.4. The lowest BCUT2D eigenvalue weighted by molar-refractivity contribution is -0.120. The molecule has 1 saturated carbocycles. The number of urea groups is 1. The molecule has 3 rings (SSSR count). The van der Waals surface area contributed by atoms with Gasteiger partial charge < -0.3 is 15.5 Å². The minimum absolute atomic E-state index is 0.122. The minimum Gasteiger partial charge on any atom is -0.364 e. The first-order chi connectivity index (χ1) is 14.1. The van der Waals surface area contributed by atoms with E-state index in [1.165, 1.54) is 5.56 Å². The SMILES string of the molecule is C=C([C@@H](NC(=O)NC1(Cc2ccccc2)CCC1)C(C)(C)C)N1CCC[C@H]1C(C)=O. The molecule has 1 aliphatic heterocycles. The molecule has 0 spiro atoms. The van der Waals surface area contributed by atoms with Crippen LogP contribution in [-0.2, 0) is 11.2 Å². The van der Waals surface area contributed by atoms with Crippen molar-refractivity contribution >= 4 is 11.8 Å². The quantitative estimate of drug-likeness (QED) is 0.698. The van der Waals surface area contributed by atoms with Crippen LogP contribution in [0.2, 0.25) is 0 Å². The molecule has 0 unspecified atom stereocenters. The predicted molar refractivity (Wildman–Crippen MR) is 121 cm³/mol. The fourth-order valence-corrected chi connectivity index (χ4v) is 4.84. The van der Waals surface area contributed by atoms with Gasteiger partial charge in [-0.2, -0.15) is 0 Å². The normalized spacial score (nSPS) is 21.5. The Kier molecular flexibility index (Phi) is 6.59. The molecule has 30 heavy (non-hydrogen) atoms. The van der Waals surface area contributed by atoms with Gasteiger partial charge in [0.15, 0.2) is 5.78 Å². The molecule has 0 aromatic heterocycles. The maximum atomic E-state index is 13.1. The molecule has 0 bridgehead atoms. The Morgan fingerprint density at radius 2 is 1.87 bits per heavy atom. The van der Waals surface area contributed by atoms with Gasteiger partial charge in [0, 0.05) is 17.8 Å². The van der Waals surface area contributed by atoms with Crippen LogP contribution >= 0.6 is 0 Å². The summed E-state index contributed by atoms with van der Waals surface area (Å²) in [6, 6.07) is 9.83. The van der Waals surface area contributed by atoms with Crippen molar-refractivity contribution in [2.45, 2.75) is 83.8 Å². The highest BCUT2D eigenvalue weighted by Crippen LogP contribution is 2.36. The average molecular weight is 412 g/mol. The molecule has 2 N–H and O–H groups in total. The van der Waals surface area contributed by atoms with Crippen LogP contribution in [0.4, 0.5) is 4.79 Å². The summed E-state index contributed by atoms with van der Waals surface area (Å²) in [5, 5.41) is 6.48. The van der Waals surface area contributed by atoms with Crippen molar-refractivity contribution < 1.29 is 9.59 Å². The van der Waals surface area contributed by atoms with E-state index >= 15 is 0 Å². The van der Waals surface area contributed by atoms with E-state index in [2.05, 4.69) is 55.0 Å². The van der Waals surface area contributed by atoms with Gasteiger partial charge in [-0.25, -0.2) is 4.79 Å². The number of rotatable bonds is 7. The number of carbonyl (C=O) groups excluding carboxylic acids is 2. The minimum atomic E-state index is -0.244. The number of carbonyl (C=O) groups is 2. The number of hydrogen-bond acceptors (Lipinski definition) is 3. The predicted octanol–water partition coefficient (Wildman–Crippen LogP) is 4.43. The smallest absolute Gasteiger partial charge is 0.315 e. The molecule has 0 radical (unpaired) electrons. The van der Waals surface area contributed by atoms with Gasteiger partial charge in [0.25, 0.3) is 0 Å². The number of likely N-dealkylation sites (tertiary alicyclic amines) is 1. The Balaban J connectivity index is 1.69. The highest BCUT2D eigenvalue weighted by atomic mass is 16.2. The zero-order valence-corrected chi connectivity index (χ0v) is 19.0. The maximum absolute atomic E-state index is 13.1. The van der Waals surface area contributed by atoms with Crippen LogP contribution in [0.3, 0.4) is 0 Å². The third-order valence-electron chi connectivity index (χ3n) is 6.64. The Morgan fingerprint density at radius 3 is 2.40 bits per heavy atom. The molecule has 1 aliphatic carbocycles. The molecular formula is C25H37N3O2. The molecule has 2 fully saturated rings. The molecule has 5 nitrogen and oxygen atoms in total. The lowest BCUT2D eigenvalue weighted by Gasteiger charge is -2.44. The molecule has 5 heteroatoms. The van der Waals surface area contributed by atoms with Crippen LogP contribution in [0, 0.1) is 5.41 Å². The number of nitrogens with zero attached hydrogens (tertiary/aromatic N) is 1. The van der Waals surface area contributed by atoms with Crippen LogP contribution in [-0.4, -0.2) is 40.9 Å². The van der Waals surface area contributed by atoms with Crippen molar-refractivity contribution in [2.75, 3.05) is 6.54 Å². The lowest BCUT2D eigenvalue weighted by atomic mass is 9.73. The number of Topliss-reactive ketones (excluding diaryl/α,β-unsaturated/α-hetero) is 1. The third kappa shape index (κ3) is 5.05. The van der Waals surface area contributed by atoms with Crippen LogP contribution in [0.25, 0.3) is 0 Å². The summed E-state index contributed by atoms with van der Waals surface area (Å²) in [6.45, 7) is 13.1. The van der Waals surface area contributed by atoms with Gasteiger partial charge in [0.05, 0.1) is 12.1 Å². The topological polar surface area (TPSA) is 61.4 Å². The van der Waals surface area contributed by atoms with Gasteiger partial charge in [-0.05, 0) is 56.4 Å². The van der Waals surface area contributed by atoms with Crippen molar-refractivity contribution in [2.24, 2.45) is 5.41 Å². The summed E-state index contributed by atoms with van der Waals surface area (Å²) in [7, 11) is 0. The van der Waals surface area contributed by atoms with E-state index in [-0.39, 0.29) is 34.9 Å². The Morgan fingerprint density at radius 1 is 1.20 bits per heavy atom. The molecule has 2 atom stereocenters. The van der Waals surface area contributed by atoms with E-state index < -0.39 is 0 Å². The molecule has 2 aliphatic rings. The largest absolute Gasteiger partial charge is 0.364 e. The third-order valence-corrected chi connectivity index (χ3v) is 6.64. The fourth-order valence-electron chi connectivity index (χ4n) is 4.84. The molecule has 1 heterocycles. The summed E-state index contributed by atoms with van der Waals surface area (Å²) in [6.07, 6.45) is 5.81. The molecule has 1 aromatic rings. The molecule has 2 amide bonds. The van der Waals surface area contributed by atoms with Gasteiger partial charge in [0.1, 0.15) is 0 Å². The number of ketones is 1. The van der Waals surface area contributed by atoms with E-state index in [9.17, 15) is 9.59 Å². The number of nitrogens with one attached hydrogen (secondary N) is 2. The standard InChI is InChI=1S/C25H37N3O2/c1-18(28-16-9-13-21(28)19(2)29)22(24(3,4)5)26-23(30)27-25(14-10-15-25)17-20-11-7-6-8-12-20/h6-8,11-12,21-22H,1,9-10,13-17H2,2-5H3,(H2,26,27,30)/t21-,22+/m0/s1. The molecular weight excluding hydrogens is 374 g/mol. The second-order valence-electron chi connectivity index (χ2n) is 10.1. The summed E-state index contributed by atoms with van der Waals surface area (Å²) < 4.78 is 0. The highest BCUT2D eigenvalue weighted by Gasteiger charge is 2.41. The fraction of sp³-hybridized carbons (Fsp3) is 0.600.